The average Bonchev–Trinajstić information content (AvgIpc) is 2.83. The lowest BCUT2D eigenvalue weighted by Crippen LogP contribution is -2.45. The summed E-state index contributed by atoms with van der Waals surface area (Å²) < 4.78 is 7.32. The zero-order valence-corrected chi connectivity index (χ0v) is 11.5. The second-order valence-electron chi connectivity index (χ2n) is 4.87. The summed E-state index contributed by atoms with van der Waals surface area (Å²) in [5.74, 6) is 2.09. The summed E-state index contributed by atoms with van der Waals surface area (Å²) in [4.78, 5) is 4.37. The largest absolute Gasteiger partial charge is 0.381 e. The van der Waals surface area contributed by atoms with Crippen molar-refractivity contribution in [2.45, 2.75) is 25.3 Å². The van der Waals surface area contributed by atoms with Gasteiger partial charge in [0.15, 0.2) is 5.82 Å². The van der Waals surface area contributed by atoms with Gasteiger partial charge in [-0.3, -0.25) is 4.40 Å². The van der Waals surface area contributed by atoms with Gasteiger partial charge in [-0.1, -0.05) is 0 Å². The van der Waals surface area contributed by atoms with Gasteiger partial charge in [-0.2, -0.15) is 0 Å². The Labute approximate surface area is 116 Å². The van der Waals surface area contributed by atoms with Crippen LogP contribution in [0, 0.1) is 6.92 Å². The summed E-state index contributed by atoms with van der Waals surface area (Å²) >= 11 is 6.15. The van der Waals surface area contributed by atoms with E-state index in [1.54, 1.807) is 6.20 Å². The molecule has 0 bridgehead atoms. The van der Waals surface area contributed by atoms with Crippen molar-refractivity contribution in [1.29, 1.82) is 0 Å². The number of alkyl halides is 1. The Hall–Kier alpha value is -1.40. The summed E-state index contributed by atoms with van der Waals surface area (Å²) in [6.07, 6.45) is 5.33. The molecule has 3 rings (SSSR count). The Morgan fingerprint density at radius 2 is 2.21 bits per heavy atom. The van der Waals surface area contributed by atoms with Crippen molar-refractivity contribution in [1.82, 2.24) is 19.6 Å². The number of hydrogen-bond acceptors (Lipinski definition) is 5. The van der Waals surface area contributed by atoms with Crippen LogP contribution >= 0.6 is 11.6 Å². The van der Waals surface area contributed by atoms with Crippen LogP contribution in [0.3, 0.4) is 0 Å². The predicted molar refractivity (Wildman–Crippen MR) is 72.6 cm³/mol. The van der Waals surface area contributed by atoms with Gasteiger partial charge in [-0.25, -0.2) is 4.98 Å². The number of hydrogen-bond donors (Lipinski definition) is 1. The smallest absolute Gasteiger partial charge is 0.203 e. The summed E-state index contributed by atoms with van der Waals surface area (Å²) in [5, 5.41) is 11.7. The molecule has 0 saturated carbocycles. The van der Waals surface area contributed by atoms with E-state index in [0.717, 1.165) is 30.1 Å². The third kappa shape index (κ3) is 2.26. The molecule has 0 atom stereocenters. The minimum absolute atomic E-state index is 0.172. The molecule has 0 aromatic carbocycles. The van der Waals surface area contributed by atoms with E-state index in [1.165, 1.54) is 0 Å². The number of fused-ring (bicyclic) bond motifs is 1. The molecule has 1 aliphatic rings. The molecule has 0 spiro atoms. The molecule has 1 aliphatic heterocycles. The van der Waals surface area contributed by atoms with Crippen molar-refractivity contribution in [2.75, 3.05) is 24.4 Å². The van der Waals surface area contributed by atoms with Crippen molar-refractivity contribution in [2.24, 2.45) is 0 Å². The minimum atomic E-state index is -0.172. The topological polar surface area (TPSA) is 64.3 Å². The van der Waals surface area contributed by atoms with E-state index in [-0.39, 0.29) is 5.54 Å². The Morgan fingerprint density at radius 3 is 2.95 bits per heavy atom. The first-order chi connectivity index (χ1) is 9.24. The van der Waals surface area contributed by atoms with Gasteiger partial charge in [-0.15, -0.1) is 21.8 Å². The lowest BCUT2D eigenvalue weighted by atomic mass is 9.92. The van der Waals surface area contributed by atoms with Crippen molar-refractivity contribution >= 4 is 23.1 Å². The first-order valence-electron chi connectivity index (χ1n) is 6.32. The van der Waals surface area contributed by atoms with Crippen LogP contribution in [0.1, 0.15) is 18.7 Å². The molecule has 0 unspecified atom stereocenters. The normalized spacial score (nSPS) is 18.6. The molecular formula is C12H16ClN5O. The molecule has 3 heterocycles. The number of aromatic nitrogens is 4. The molecule has 6 nitrogen and oxygen atoms in total. The number of aryl methyl sites for hydroxylation is 1. The number of anilines is 1. The Bertz CT molecular complexity index is 579. The van der Waals surface area contributed by atoms with E-state index < -0.39 is 0 Å². The highest BCUT2D eigenvalue weighted by atomic mass is 35.5. The Kier molecular flexibility index (Phi) is 3.28. The summed E-state index contributed by atoms with van der Waals surface area (Å²) in [6.45, 7) is 3.35. The van der Waals surface area contributed by atoms with Crippen molar-refractivity contribution < 1.29 is 4.74 Å². The van der Waals surface area contributed by atoms with Crippen LogP contribution in [-0.4, -0.2) is 44.2 Å². The van der Waals surface area contributed by atoms with Gasteiger partial charge in [-0.05, 0) is 19.8 Å². The van der Waals surface area contributed by atoms with E-state index in [9.17, 15) is 0 Å². The van der Waals surface area contributed by atoms with Gasteiger partial charge in [0, 0.05) is 31.5 Å². The minimum Gasteiger partial charge on any atom is -0.381 e. The summed E-state index contributed by atoms with van der Waals surface area (Å²) in [7, 11) is 0. The average molecular weight is 282 g/mol. The van der Waals surface area contributed by atoms with Crippen LogP contribution in [-0.2, 0) is 4.74 Å². The van der Waals surface area contributed by atoms with Gasteiger partial charge in [0.25, 0.3) is 0 Å². The van der Waals surface area contributed by atoms with E-state index in [2.05, 4.69) is 20.5 Å². The van der Waals surface area contributed by atoms with Crippen LogP contribution in [0.4, 0.5) is 5.82 Å². The molecule has 0 amide bonds. The fraction of sp³-hybridized carbons (Fsp3) is 0.583. The van der Waals surface area contributed by atoms with Crippen LogP contribution in [0.15, 0.2) is 12.4 Å². The maximum atomic E-state index is 6.15. The first-order valence-corrected chi connectivity index (χ1v) is 6.86. The second kappa shape index (κ2) is 4.94. The molecular weight excluding hydrogens is 266 g/mol. The van der Waals surface area contributed by atoms with Crippen molar-refractivity contribution in [3.05, 3.63) is 18.2 Å². The number of nitrogens with one attached hydrogen (secondary N) is 1. The van der Waals surface area contributed by atoms with Crippen molar-refractivity contribution in [3.8, 4) is 0 Å². The van der Waals surface area contributed by atoms with Gasteiger partial charge in [0.2, 0.25) is 5.65 Å². The predicted octanol–water partition coefficient (Wildman–Crippen LogP) is 1.63. The lowest BCUT2D eigenvalue weighted by Gasteiger charge is -2.36. The molecule has 7 heteroatoms. The molecule has 102 valence electrons. The van der Waals surface area contributed by atoms with E-state index >= 15 is 0 Å². The highest BCUT2D eigenvalue weighted by Gasteiger charge is 2.32. The van der Waals surface area contributed by atoms with Crippen LogP contribution < -0.4 is 5.32 Å². The fourth-order valence-electron chi connectivity index (χ4n) is 2.34. The monoisotopic (exact) mass is 281 g/mol. The maximum Gasteiger partial charge on any atom is 0.203 e. The Morgan fingerprint density at radius 1 is 1.42 bits per heavy atom. The first kappa shape index (κ1) is 12.6. The summed E-state index contributed by atoms with van der Waals surface area (Å²) in [5.41, 5.74) is 0.560. The number of halogens is 1. The van der Waals surface area contributed by atoms with Gasteiger partial charge in [0.05, 0.1) is 5.54 Å². The third-order valence-corrected chi connectivity index (χ3v) is 4.10. The highest BCUT2D eigenvalue weighted by molar-refractivity contribution is 6.18. The van der Waals surface area contributed by atoms with Gasteiger partial charge in [0.1, 0.15) is 5.82 Å². The SMILES string of the molecule is Cc1nnc2c(NC3(CCl)CCOCC3)nccn12. The highest BCUT2D eigenvalue weighted by Crippen LogP contribution is 2.27. The number of rotatable bonds is 3. The molecule has 2 aromatic rings. The molecule has 19 heavy (non-hydrogen) atoms. The zero-order chi connectivity index (χ0) is 13.3. The quantitative estimate of drug-likeness (QED) is 0.867. The van der Waals surface area contributed by atoms with Crippen LogP contribution in [0.5, 0.6) is 0 Å². The number of nitrogens with zero attached hydrogens (tertiary/aromatic N) is 4. The molecule has 1 fully saturated rings. The van der Waals surface area contributed by atoms with Crippen LogP contribution in [0.2, 0.25) is 0 Å². The van der Waals surface area contributed by atoms with Crippen molar-refractivity contribution in [3.63, 3.8) is 0 Å². The van der Waals surface area contributed by atoms with Gasteiger partial charge < -0.3 is 10.1 Å². The zero-order valence-electron chi connectivity index (χ0n) is 10.8. The lowest BCUT2D eigenvalue weighted by molar-refractivity contribution is 0.0667. The standard InChI is InChI=1S/C12H16ClN5O/c1-9-16-17-11-10(14-4-5-18(9)11)15-12(8-13)2-6-19-7-3-12/h4-5H,2-3,6-8H2,1H3,(H,14,15). The van der Waals surface area contributed by atoms with E-state index in [0.29, 0.717) is 19.1 Å². The van der Waals surface area contributed by atoms with E-state index in [4.69, 9.17) is 16.3 Å². The maximum absolute atomic E-state index is 6.15. The molecule has 0 aliphatic carbocycles. The summed E-state index contributed by atoms with van der Waals surface area (Å²) in [6, 6.07) is 0. The Balaban J connectivity index is 1.95. The fourth-order valence-corrected chi connectivity index (χ4v) is 2.67. The molecule has 1 N–H and O–H groups in total. The molecule has 2 aromatic heterocycles. The van der Waals surface area contributed by atoms with Crippen LogP contribution in [0.25, 0.3) is 5.65 Å². The second-order valence-corrected chi connectivity index (χ2v) is 5.14. The van der Waals surface area contributed by atoms with E-state index in [1.807, 2.05) is 17.5 Å². The molecule has 0 radical (unpaired) electrons. The number of ether oxygens (including phenoxy) is 1. The molecule has 1 saturated heterocycles. The van der Waals surface area contributed by atoms with Gasteiger partial charge >= 0.3 is 0 Å². The third-order valence-electron chi connectivity index (χ3n) is 3.59.